The lowest BCUT2D eigenvalue weighted by molar-refractivity contribution is -0.137. The van der Waals surface area contributed by atoms with Crippen LogP contribution in [0.15, 0.2) is 0 Å². The molecule has 0 aliphatic carbocycles. The second-order valence-electron chi connectivity index (χ2n) is 2.90. The minimum atomic E-state index is -3.52. The molecular formula is C6H14N2O4S. The Balaban J connectivity index is 4.21. The average Bonchev–Trinajstić information content (AvgIpc) is 1.82. The van der Waals surface area contributed by atoms with Gasteiger partial charge in [0.2, 0.25) is 0 Å². The van der Waals surface area contributed by atoms with Gasteiger partial charge in [-0.2, -0.15) is 17.4 Å². The van der Waals surface area contributed by atoms with Crippen molar-refractivity contribution in [3.63, 3.8) is 0 Å². The number of nitrogens with zero attached hydrogens (tertiary/aromatic N) is 1. The fourth-order valence-electron chi connectivity index (χ4n) is 0.663. The molecule has 13 heavy (non-hydrogen) atoms. The van der Waals surface area contributed by atoms with Gasteiger partial charge in [-0.05, 0) is 6.92 Å². The first kappa shape index (κ1) is 12.3. The van der Waals surface area contributed by atoms with Crippen molar-refractivity contribution in [1.82, 2.24) is 9.03 Å². The molecule has 2 N–H and O–H groups in total. The molecule has 6 nitrogen and oxygen atoms in total. The van der Waals surface area contributed by atoms with Crippen molar-refractivity contribution in [1.29, 1.82) is 0 Å². The first-order chi connectivity index (χ1) is 5.75. The molecule has 0 aliphatic rings. The molecule has 0 radical (unpaired) electrons. The molecule has 0 aliphatic heterocycles. The molecule has 78 valence electrons. The topological polar surface area (TPSA) is 86.7 Å². The van der Waals surface area contributed by atoms with Gasteiger partial charge in [-0.15, -0.1) is 0 Å². The second-order valence-corrected chi connectivity index (χ2v) is 4.82. The maximum Gasteiger partial charge on any atom is 0.304 e. The summed E-state index contributed by atoms with van der Waals surface area (Å²) >= 11 is 0. The molecule has 1 unspecified atom stereocenters. The van der Waals surface area contributed by atoms with Gasteiger partial charge in [-0.25, -0.2) is 0 Å². The van der Waals surface area contributed by atoms with Gasteiger partial charge in [0, 0.05) is 20.1 Å². The Hall–Kier alpha value is -0.660. The monoisotopic (exact) mass is 210 g/mol. The molecular weight excluding hydrogens is 196 g/mol. The number of aliphatic carboxylic acids is 1. The van der Waals surface area contributed by atoms with E-state index >= 15 is 0 Å². The summed E-state index contributed by atoms with van der Waals surface area (Å²) in [5.41, 5.74) is 0. The molecule has 0 bridgehead atoms. The van der Waals surface area contributed by atoms with Gasteiger partial charge >= 0.3 is 5.97 Å². The third-order valence-electron chi connectivity index (χ3n) is 1.31. The SMILES string of the molecule is CC(CC(=O)O)NS(=O)(=O)N(C)C. The highest BCUT2D eigenvalue weighted by Gasteiger charge is 2.18. The van der Waals surface area contributed by atoms with Gasteiger partial charge < -0.3 is 5.11 Å². The Bertz CT molecular complexity index is 272. The van der Waals surface area contributed by atoms with Crippen molar-refractivity contribution in [2.24, 2.45) is 0 Å². The number of hydrogen-bond acceptors (Lipinski definition) is 3. The fraction of sp³-hybridized carbons (Fsp3) is 0.833. The van der Waals surface area contributed by atoms with Gasteiger partial charge in [0.05, 0.1) is 6.42 Å². The van der Waals surface area contributed by atoms with Gasteiger partial charge in [0.15, 0.2) is 0 Å². The predicted molar refractivity (Wildman–Crippen MR) is 47.5 cm³/mol. The van der Waals surface area contributed by atoms with E-state index in [1.165, 1.54) is 21.0 Å². The highest BCUT2D eigenvalue weighted by Crippen LogP contribution is 1.96. The summed E-state index contributed by atoms with van der Waals surface area (Å²) in [5.74, 6) is -1.03. The zero-order chi connectivity index (χ0) is 10.6. The Morgan fingerprint density at radius 3 is 2.31 bits per heavy atom. The molecule has 0 amide bonds. The summed E-state index contributed by atoms with van der Waals surface area (Å²) in [6.07, 6.45) is -0.229. The van der Waals surface area contributed by atoms with Crippen LogP contribution in [0.25, 0.3) is 0 Å². The summed E-state index contributed by atoms with van der Waals surface area (Å²) in [4.78, 5) is 10.2. The lowest BCUT2D eigenvalue weighted by Crippen LogP contribution is -2.41. The molecule has 0 fully saturated rings. The lowest BCUT2D eigenvalue weighted by atomic mass is 10.3. The molecule has 7 heteroatoms. The Kier molecular flexibility index (Phi) is 4.31. The molecule has 0 spiro atoms. The van der Waals surface area contributed by atoms with E-state index in [0.717, 1.165) is 4.31 Å². The Labute approximate surface area is 77.7 Å². The van der Waals surface area contributed by atoms with Crippen LogP contribution >= 0.6 is 0 Å². The van der Waals surface area contributed by atoms with Crippen LogP contribution in [0, 0.1) is 0 Å². The zero-order valence-electron chi connectivity index (χ0n) is 7.81. The van der Waals surface area contributed by atoms with Crippen LogP contribution in [0.4, 0.5) is 0 Å². The van der Waals surface area contributed by atoms with Crippen LogP contribution in [0.2, 0.25) is 0 Å². The van der Waals surface area contributed by atoms with Crippen molar-refractivity contribution < 1.29 is 18.3 Å². The highest BCUT2D eigenvalue weighted by atomic mass is 32.2. The molecule has 1 atom stereocenters. The molecule has 0 heterocycles. The summed E-state index contributed by atoms with van der Waals surface area (Å²) in [7, 11) is -0.781. The quantitative estimate of drug-likeness (QED) is 0.625. The molecule has 0 aromatic carbocycles. The first-order valence-electron chi connectivity index (χ1n) is 3.67. The number of carbonyl (C=O) groups is 1. The van der Waals surface area contributed by atoms with Crippen LogP contribution in [-0.2, 0) is 15.0 Å². The summed E-state index contributed by atoms with van der Waals surface area (Å²) in [5, 5.41) is 8.37. The maximum atomic E-state index is 11.1. The van der Waals surface area contributed by atoms with Crippen LogP contribution < -0.4 is 4.72 Å². The Morgan fingerprint density at radius 1 is 1.54 bits per heavy atom. The van der Waals surface area contributed by atoms with E-state index in [1.54, 1.807) is 0 Å². The number of rotatable bonds is 5. The van der Waals surface area contributed by atoms with E-state index in [1.807, 2.05) is 0 Å². The molecule has 0 rings (SSSR count). The summed E-state index contributed by atoms with van der Waals surface area (Å²) < 4.78 is 25.5. The smallest absolute Gasteiger partial charge is 0.304 e. The van der Waals surface area contributed by atoms with Crippen LogP contribution in [-0.4, -0.2) is 43.9 Å². The molecule has 0 aromatic heterocycles. The van der Waals surface area contributed by atoms with Gasteiger partial charge in [-0.1, -0.05) is 0 Å². The predicted octanol–water partition coefficient (Wildman–Crippen LogP) is -0.754. The second kappa shape index (κ2) is 4.54. The van der Waals surface area contributed by atoms with E-state index < -0.39 is 22.2 Å². The van der Waals surface area contributed by atoms with Gasteiger partial charge in [-0.3, -0.25) is 4.79 Å². The summed E-state index contributed by atoms with van der Waals surface area (Å²) in [6, 6.07) is -0.607. The fourth-order valence-corrected chi connectivity index (χ4v) is 1.47. The van der Waals surface area contributed by atoms with E-state index in [4.69, 9.17) is 5.11 Å². The molecule has 0 saturated heterocycles. The van der Waals surface area contributed by atoms with Crippen molar-refractivity contribution in [2.45, 2.75) is 19.4 Å². The number of nitrogens with one attached hydrogen (secondary N) is 1. The lowest BCUT2D eigenvalue weighted by Gasteiger charge is -2.16. The maximum absolute atomic E-state index is 11.1. The van der Waals surface area contributed by atoms with E-state index in [2.05, 4.69) is 4.72 Å². The zero-order valence-corrected chi connectivity index (χ0v) is 8.63. The number of carboxylic acid groups (broad SMARTS) is 1. The number of hydrogen-bond donors (Lipinski definition) is 2. The van der Waals surface area contributed by atoms with Crippen molar-refractivity contribution in [2.75, 3.05) is 14.1 Å². The molecule has 0 saturated carbocycles. The third-order valence-corrected chi connectivity index (χ3v) is 2.97. The molecule has 0 aromatic rings. The first-order valence-corrected chi connectivity index (χ1v) is 5.11. The minimum Gasteiger partial charge on any atom is -0.481 e. The largest absolute Gasteiger partial charge is 0.481 e. The van der Waals surface area contributed by atoms with E-state index in [0.29, 0.717) is 0 Å². The minimum absolute atomic E-state index is 0.229. The third kappa shape index (κ3) is 4.81. The van der Waals surface area contributed by atoms with Gasteiger partial charge in [0.1, 0.15) is 0 Å². The van der Waals surface area contributed by atoms with Crippen molar-refractivity contribution in [3.8, 4) is 0 Å². The summed E-state index contributed by atoms with van der Waals surface area (Å²) in [6.45, 7) is 1.50. The average molecular weight is 210 g/mol. The van der Waals surface area contributed by atoms with Crippen LogP contribution in [0.5, 0.6) is 0 Å². The van der Waals surface area contributed by atoms with E-state index in [-0.39, 0.29) is 6.42 Å². The normalized spacial score (nSPS) is 14.5. The van der Waals surface area contributed by atoms with E-state index in [9.17, 15) is 13.2 Å². The van der Waals surface area contributed by atoms with Crippen molar-refractivity contribution in [3.05, 3.63) is 0 Å². The number of carboxylic acids is 1. The van der Waals surface area contributed by atoms with Crippen LogP contribution in [0.1, 0.15) is 13.3 Å². The van der Waals surface area contributed by atoms with Gasteiger partial charge in [0.25, 0.3) is 10.2 Å². The Morgan fingerprint density at radius 2 is 2.00 bits per heavy atom. The van der Waals surface area contributed by atoms with Crippen molar-refractivity contribution >= 4 is 16.2 Å². The van der Waals surface area contributed by atoms with Crippen LogP contribution in [0.3, 0.4) is 0 Å². The standard InChI is InChI=1S/C6H14N2O4S/c1-5(4-6(9)10)7-13(11,12)8(2)3/h5,7H,4H2,1-3H3,(H,9,10). The highest BCUT2D eigenvalue weighted by molar-refractivity contribution is 7.87.